The van der Waals surface area contributed by atoms with Crippen molar-refractivity contribution in [2.45, 2.75) is 45.7 Å². The zero-order valence-corrected chi connectivity index (χ0v) is 16.7. The van der Waals surface area contributed by atoms with Gasteiger partial charge in [-0.2, -0.15) is 0 Å². The Morgan fingerprint density at radius 2 is 1.48 bits per heavy atom. The highest BCUT2D eigenvalue weighted by molar-refractivity contribution is 5.79. The molecule has 0 aromatic heterocycles. The minimum absolute atomic E-state index is 0.103. The third kappa shape index (κ3) is 4.33. The van der Waals surface area contributed by atoms with Gasteiger partial charge in [0.05, 0.1) is 0 Å². The number of rotatable bonds is 7. The quantitative estimate of drug-likeness (QED) is 0.776. The average molecular weight is 367 g/mol. The third-order valence-electron chi connectivity index (χ3n) is 5.31. The van der Waals surface area contributed by atoms with Gasteiger partial charge in [0.15, 0.2) is 0 Å². The van der Waals surface area contributed by atoms with Gasteiger partial charge in [-0.15, -0.1) is 0 Å². The van der Waals surface area contributed by atoms with Crippen LogP contribution in [0.4, 0.5) is 4.79 Å². The minimum Gasteiger partial charge on any atom is -0.449 e. The number of benzene rings is 2. The van der Waals surface area contributed by atoms with E-state index in [0.717, 1.165) is 6.54 Å². The summed E-state index contributed by atoms with van der Waals surface area (Å²) in [4.78, 5) is 14.5. The Bertz CT molecular complexity index is 732. The van der Waals surface area contributed by atoms with Crippen molar-refractivity contribution in [2.24, 2.45) is 0 Å². The lowest BCUT2D eigenvalue weighted by atomic mass is 9.98. The molecule has 1 aliphatic rings. The van der Waals surface area contributed by atoms with Gasteiger partial charge in [-0.25, -0.2) is 4.79 Å². The molecule has 0 spiro atoms. The van der Waals surface area contributed by atoms with Gasteiger partial charge in [-0.1, -0.05) is 48.5 Å². The minimum atomic E-state index is -0.343. The summed E-state index contributed by atoms with van der Waals surface area (Å²) in [6, 6.07) is 17.6. The molecule has 0 bridgehead atoms. The predicted molar refractivity (Wildman–Crippen MR) is 110 cm³/mol. The van der Waals surface area contributed by atoms with Crippen molar-refractivity contribution in [2.75, 3.05) is 19.7 Å². The number of ether oxygens (including phenoxy) is 1. The Labute approximate surface area is 162 Å². The SMILES string of the molecule is CC(C)N(CCNC(=O)OCC1c2ccccc2-c2ccccc21)C(C)C. The molecule has 0 saturated carbocycles. The van der Waals surface area contributed by atoms with Crippen LogP contribution < -0.4 is 5.32 Å². The number of alkyl carbamates (subject to hydrolysis) is 1. The number of fused-ring (bicyclic) bond motifs is 3. The van der Waals surface area contributed by atoms with Gasteiger partial charge in [0, 0.05) is 31.1 Å². The van der Waals surface area contributed by atoms with Crippen LogP contribution in [-0.4, -0.2) is 42.8 Å². The smallest absolute Gasteiger partial charge is 0.407 e. The van der Waals surface area contributed by atoms with Crippen molar-refractivity contribution in [3.8, 4) is 11.1 Å². The maximum atomic E-state index is 12.2. The summed E-state index contributed by atoms with van der Waals surface area (Å²) < 4.78 is 5.57. The van der Waals surface area contributed by atoms with Crippen molar-refractivity contribution < 1.29 is 9.53 Å². The molecule has 0 unspecified atom stereocenters. The Kier molecular flexibility index (Phi) is 6.17. The van der Waals surface area contributed by atoms with Gasteiger partial charge in [0.25, 0.3) is 0 Å². The lowest BCUT2D eigenvalue weighted by molar-refractivity contribution is 0.136. The second-order valence-electron chi connectivity index (χ2n) is 7.68. The molecule has 0 fully saturated rings. The second-order valence-corrected chi connectivity index (χ2v) is 7.68. The Hall–Kier alpha value is -2.33. The maximum Gasteiger partial charge on any atom is 0.407 e. The molecule has 144 valence electrons. The predicted octanol–water partition coefficient (Wildman–Crippen LogP) is 4.64. The van der Waals surface area contributed by atoms with E-state index < -0.39 is 0 Å². The van der Waals surface area contributed by atoms with Gasteiger partial charge in [0.2, 0.25) is 0 Å². The number of amides is 1. The van der Waals surface area contributed by atoms with E-state index in [1.165, 1.54) is 22.3 Å². The van der Waals surface area contributed by atoms with Gasteiger partial charge in [0.1, 0.15) is 6.61 Å². The van der Waals surface area contributed by atoms with Gasteiger partial charge in [-0.05, 0) is 49.9 Å². The molecule has 0 aliphatic heterocycles. The molecule has 1 amide bonds. The van der Waals surface area contributed by atoms with Crippen LogP contribution in [0.5, 0.6) is 0 Å². The lowest BCUT2D eigenvalue weighted by Gasteiger charge is -2.30. The second kappa shape index (κ2) is 8.57. The molecule has 0 heterocycles. The van der Waals surface area contributed by atoms with E-state index in [2.05, 4.69) is 74.3 Å². The van der Waals surface area contributed by atoms with Crippen LogP contribution in [0.1, 0.15) is 44.7 Å². The highest BCUT2D eigenvalue weighted by Gasteiger charge is 2.28. The summed E-state index contributed by atoms with van der Waals surface area (Å²) >= 11 is 0. The molecule has 4 nitrogen and oxygen atoms in total. The molecule has 1 N–H and O–H groups in total. The van der Waals surface area contributed by atoms with Gasteiger partial charge in [-0.3, -0.25) is 4.90 Å². The van der Waals surface area contributed by atoms with E-state index in [0.29, 0.717) is 25.2 Å². The number of hydrogen-bond acceptors (Lipinski definition) is 3. The molecule has 0 atom stereocenters. The van der Waals surface area contributed by atoms with E-state index >= 15 is 0 Å². The zero-order valence-electron chi connectivity index (χ0n) is 16.7. The molecule has 0 radical (unpaired) electrons. The van der Waals surface area contributed by atoms with Gasteiger partial charge < -0.3 is 10.1 Å². The molecule has 2 aromatic carbocycles. The van der Waals surface area contributed by atoms with Crippen LogP contribution in [0.2, 0.25) is 0 Å². The summed E-state index contributed by atoms with van der Waals surface area (Å²) in [5.74, 6) is 0.103. The first-order valence-electron chi connectivity index (χ1n) is 9.83. The monoisotopic (exact) mass is 366 g/mol. The molecule has 3 rings (SSSR count). The summed E-state index contributed by atoms with van der Waals surface area (Å²) in [5, 5.41) is 2.89. The van der Waals surface area contributed by atoms with Crippen molar-refractivity contribution in [1.29, 1.82) is 0 Å². The number of nitrogens with zero attached hydrogens (tertiary/aromatic N) is 1. The Morgan fingerprint density at radius 3 is 2.00 bits per heavy atom. The number of hydrogen-bond donors (Lipinski definition) is 1. The summed E-state index contributed by atoms with van der Waals surface area (Å²) in [6.45, 7) is 10.5. The largest absolute Gasteiger partial charge is 0.449 e. The molecular weight excluding hydrogens is 336 g/mol. The van der Waals surface area contributed by atoms with E-state index in [1.54, 1.807) is 0 Å². The van der Waals surface area contributed by atoms with E-state index in [9.17, 15) is 4.79 Å². The van der Waals surface area contributed by atoms with Crippen molar-refractivity contribution >= 4 is 6.09 Å². The summed E-state index contributed by atoms with van der Waals surface area (Å²) in [6.07, 6.45) is -0.343. The van der Waals surface area contributed by atoms with Crippen molar-refractivity contribution in [3.63, 3.8) is 0 Å². The first-order valence-corrected chi connectivity index (χ1v) is 9.83. The van der Waals surface area contributed by atoms with E-state index in [4.69, 9.17) is 4.74 Å². The Balaban J connectivity index is 1.57. The van der Waals surface area contributed by atoms with Crippen LogP contribution in [0.25, 0.3) is 11.1 Å². The topological polar surface area (TPSA) is 41.6 Å². The van der Waals surface area contributed by atoms with Crippen LogP contribution in [-0.2, 0) is 4.74 Å². The van der Waals surface area contributed by atoms with E-state index in [-0.39, 0.29) is 12.0 Å². The molecule has 4 heteroatoms. The molecule has 2 aromatic rings. The molecule has 27 heavy (non-hydrogen) atoms. The lowest BCUT2D eigenvalue weighted by Crippen LogP contribution is -2.42. The number of carbonyl (C=O) groups is 1. The average Bonchev–Trinajstić information content (AvgIpc) is 2.97. The fraction of sp³-hybridized carbons (Fsp3) is 0.435. The van der Waals surface area contributed by atoms with Crippen LogP contribution in [0, 0.1) is 0 Å². The normalized spacial score (nSPS) is 13.1. The fourth-order valence-electron chi connectivity index (χ4n) is 4.05. The zero-order chi connectivity index (χ0) is 19.4. The highest BCUT2D eigenvalue weighted by Crippen LogP contribution is 2.44. The van der Waals surface area contributed by atoms with E-state index in [1.807, 2.05) is 12.1 Å². The van der Waals surface area contributed by atoms with Crippen LogP contribution in [0.3, 0.4) is 0 Å². The highest BCUT2D eigenvalue weighted by atomic mass is 16.5. The Morgan fingerprint density at radius 1 is 0.963 bits per heavy atom. The molecular formula is C23H30N2O2. The summed E-state index contributed by atoms with van der Waals surface area (Å²) in [5.41, 5.74) is 4.95. The van der Waals surface area contributed by atoms with Crippen LogP contribution >= 0.6 is 0 Å². The van der Waals surface area contributed by atoms with Crippen molar-refractivity contribution in [1.82, 2.24) is 10.2 Å². The maximum absolute atomic E-state index is 12.2. The van der Waals surface area contributed by atoms with Gasteiger partial charge >= 0.3 is 6.09 Å². The van der Waals surface area contributed by atoms with Crippen molar-refractivity contribution in [3.05, 3.63) is 59.7 Å². The first kappa shape index (κ1) is 19.4. The fourth-order valence-corrected chi connectivity index (χ4v) is 4.05. The molecule has 0 saturated heterocycles. The standard InChI is InChI=1S/C23H30N2O2/c1-16(2)25(17(3)4)14-13-24-23(26)27-15-22-20-11-7-5-9-18(20)19-10-6-8-12-21(19)22/h5-12,16-17,22H,13-15H2,1-4H3,(H,24,26). The third-order valence-corrected chi connectivity index (χ3v) is 5.31. The first-order chi connectivity index (χ1) is 13.0. The number of carbonyl (C=O) groups excluding carboxylic acids is 1. The number of nitrogens with one attached hydrogen (secondary N) is 1. The summed E-state index contributed by atoms with van der Waals surface area (Å²) in [7, 11) is 0. The van der Waals surface area contributed by atoms with Crippen LogP contribution in [0.15, 0.2) is 48.5 Å². The molecule has 1 aliphatic carbocycles.